The standard InChI is InChI=1S/C9H13NS/c1-10-5-8-4-9(8)7-2-3-11-6-7/h2-3,6,8-10H,4-5H2,1H3/t8-,9+/m1/s1. The molecule has 0 amide bonds. The zero-order valence-electron chi connectivity index (χ0n) is 6.71. The Morgan fingerprint density at radius 1 is 1.73 bits per heavy atom. The van der Waals surface area contributed by atoms with Gasteiger partial charge in [-0.2, -0.15) is 11.3 Å². The van der Waals surface area contributed by atoms with Crippen molar-refractivity contribution in [2.45, 2.75) is 12.3 Å². The van der Waals surface area contributed by atoms with Crippen molar-refractivity contribution in [2.24, 2.45) is 5.92 Å². The summed E-state index contributed by atoms with van der Waals surface area (Å²) in [7, 11) is 2.03. The third kappa shape index (κ3) is 1.47. The van der Waals surface area contributed by atoms with Gasteiger partial charge in [0.2, 0.25) is 0 Å². The molecule has 0 aromatic carbocycles. The summed E-state index contributed by atoms with van der Waals surface area (Å²) in [4.78, 5) is 0. The molecule has 1 aliphatic carbocycles. The highest BCUT2D eigenvalue weighted by Crippen LogP contribution is 2.47. The molecule has 1 aromatic heterocycles. The summed E-state index contributed by atoms with van der Waals surface area (Å²) < 4.78 is 0. The van der Waals surface area contributed by atoms with Gasteiger partial charge in [-0.1, -0.05) is 0 Å². The fourth-order valence-electron chi connectivity index (χ4n) is 1.63. The lowest BCUT2D eigenvalue weighted by molar-refractivity contribution is 0.699. The number of thiophene rings is 1. The minimum Gasteiger partial charge on any atom is -0.319 e. The van der Waals surface area contributed by atoms with Gasteiger partial charge in [0.15, 0.2) is 0 Å². The van der Waals surface area contributed by atoms with Crippen molar-refractivity contribution in [3.63, 3.8) is 0 Å². The van der Waals surface area contributed by atoms with Crippen LogP contribution in [0.25, 0.3) is 0 Å². The van der Waals surface area contributed by atoms with Gasteiger partial charge in [-0.3, -0.25) is 0 Å². The molecule has 1 N–H and O–H groups in total. The molecule has 0 spiro atoms. The quantitative estimate of drug-likeness (QED) is 0.726. The van der Waals surface area contributed by atoms with Crippen LogP contribution >= 0.6 is 11.3 Å². The monoisotopic (exact) mass is 167 g/mol. The van der Waals surface area contributed by atoms with Gasteiger partial charge in [0.1, 0.15) is 0 Å². The second kappa shape index (κ2) is 2.95. The zero-order valence-corrected chi connectivity index (χ0v) is 7.53. The minimum atomic E-state index is 0.869. The predicted octanol–water partition coefficient (Wildman–Crippen LogP) is 2.07. The van der Waals surface area contributed by atoms with Crippen molar-refractivity contribution in [1.82, 2.24) is 5.32 Å². The molecule has 0 saturated heterocycles. The highest BCUT2D eigenvalue weighted by molar-refractivity contribution is 7.08. The van der Waals surface area contributed by atoms with E-state index in [4.69, 9.17) is 0 Å². The van der Waals surface area contributed by atoms with Crippen LogP contribution in [0.5, 0.6) is 0 Å². The fraction of sp³-hybridized carbons (Fsp3) is 0.556. The van der Waals surface area contributed by atoms with E-state index in [2.05, 4.69) is 22.1 Å². The molecule has 1 nitrogen and oxygen atoms in total. The van der Waals surface area contributed by atoms with E-state index in [1.54, 1.807) is 5.56 Å². The first-order valence-electron chi connectivity index (χ1n) is 4.08. The maximum atomic E-state index is 3.22. The Morgan fingerprint density at radius 3 is 3.27 bits per heavy atom. The third-order valence-corrected chi connectivity index (χ3v) is 3.06. The van der Waals surface area contributed by atoms with Crippen LogP contribution in [0.3, 0.4) is 0 Å². The third-order valence-electron chi connectivity index (χ3n) is 2.36. The molecule has 0 radical (unpaired) electrons. The predicted molar refractivity (Wildman–Crippen MR) is 49.1 cm³/mol. The molecule has 1 fully saturated rings. The van der Waals surface area contributed by atoms with Gasteiger partial charge in [0.05, 0.1) is 0 Å². The summed E-state index contributed by atoms with van der Waals surface area (Å²) >= 11 is 1.81. The molecule has 2 heteroatoms. The van der Waals surface area contributed by atoms with Crippen LogP contribution < -0.4 is 5.32 Å². The van der Waals surface area contributed by atoms with Crippen molar-refractivity contribution < 1.29 is 0 Å². The van der Waals surface area contributed by atoms with E-state index in [1.165, 1.54) is 13.0 Å². The first kappa shape index (κ1) is 7.32. The van der Waals surface area contributed by atoms with Crippen LogP contribution in [0.2, 0.25) is 0 Å². The van der Waals surface area contributed by atoms with Crippen LogP contribution in [-0.4, -0.2) is 13.6 Å². The highest BCUT2D eigenvalue weighted by Gasteiger charge is 2.37. The molecule has 11 heavy (non-hydrogen) atoms. The van der Waals surface area contributed by atoms with Crippen LogP contribution in [0.15, 0.2) is 16.8 Å². The maximum Gasteiger partial charge on any atom is -0.00174 e. The second-order valence-electron chi connectivity index (χ2n) is 3.22. The summed E-state index contributed by atoms with van der Waals surface area (Å²) in [6, 6.07) is 2.25. The van der Waals surface area contributed by atoms with E-state index >= 15 is 0 Å². The minimum absolute atomic E-state index is 0.869. The summed E-state index contributed by atoms with van der Waals surface area (Å²) in [5, 5.41) is 7.67. The summed E-state index contributed by atoms with van der Waals surface area (Å²) in [5.41, 5.74) is 1.55. The summed E-state index contributed by atoms with van der Waals surface area (Å²) in [6.07, 6.45) is 1.39. The summed E-state index contributed by atoms with van der Waals surface area (Å²) in [6.45, 7) is 1.18. The Labute approximate surface area is 71.4 Å². The Hall–Kier alpha value is -0.340. The van der Waals surface area contributed by atoms with Crippen molar-refractivity contribution in [3.05, 3.63) is 22.4 Å². The Balaban J connectivity index is 1.92. The largest absolute Gasteiger partial charge is 0.319 e. The van der Waals surface area contributed by atoms with Crippen molar-refractivity contribution in [2.75, 3.05) is 13.6 Å². The van der Waals surface area contributed by atoms with Gasteiger partial charge < -0.3 is 5.32 Å². The smallest absolute Gasteiger partial charge is 0.00174 e. The Morgan fingerprint density at radius 2 is 2.64 bits per heavy atom. The first-order valence-corrected chi connectivity index (χ1v) is 5.03. The lowest BCUT2D eigenvalue weighted by Gasteiger charge is -1.95. The van der Waals surface area contributed by atoms with Gasteiger partial charge in [-0.15, -0.1) is 0 Å². The molecule has 1 saturated carbocycles. The lowest BCUT2D eigenvalue weighted by Crippen LogP contribution is -2.09. The maximum absolute atomic E-state index is 3.22. The SMILES string of the molecule is CNC[C@H]1C[C@H]1c1ccsc1. The van der Waals surface area contributed by atoms with E-state index < -0.39 is 0 Å². The number of hydrogen-bond donors (Lipinski definition) is 1. The van der Waals surface area contributed by atoms with Crippen LogP contribution in [-0.2, 0) is 0 Å². The van der Waals surface area contributed by atoms with Gasteiger partial charge in [0, 0.05) is 0 Å². The average Bonchev–Trinajstić information content (AvgIpc) is 2.61. The number of hydrogen-bond acceptors (Lipinski definition) is 2. The first-order chi connectivity index (χ1) is 5.42. The van der Waals surface area contributed by atoms with E-state index in [0.29, 0.717) is 0 Å². The molecular weight excluding hydrogens is 154 g/mol. The van der Waals surface area contributed by atoms with Gasteiger partial charge in [-0.05, 0) is 54.2 Å². The molecule has 2 rings (SSSR count). The molecular formula is C9H13NS. The van der Waals surface area contributed by atoms with Gasteiger partial charge in [-0.25, -0.2) is 0 Å². The number of rotatable bonds is 3. The van der Waals surface area contributed by atoms with Gasteiger partial charge in [0.25, 0.3) is 0 Å². The van der Waals surface area contributed by atoms with Crippen LogP contribution in [0.4, 0.5) is 0 Å². The number of nitrogens with one attached hydrogen (secondary N) is 1. The van der Waals surface area contributed by atoms with Crippen LogP contribution in [0.1, 0.15) is 17.9 Å². The molecule has 1 aliphatic rings. The molecule has 60 valence electrons. The van der Waals surface area contributed by atoms with Crippen molar-refractivity contribution in [3.8, 4) is 0 Å². The van der Waals surface area contributed by atoms with Gasteiger partial charge >= 0.3 is 0 Å². The molecule has 0 unspecified atom stereocenters. The van der Waals surface area contributed by atoms with E-state index in [-0.39, 0.29) is 0 Å². The van der Waals surface area contributed by atoms with E-state index in [9.17, 15) is 0 Å². The average molecular weight is 167 g/mol. The second-order valence-corrected chi connectivity index (χ2v) is 4.00. The lowest BCUT2D eigenvalue weighted by atomic mass is 10.2. The van der Waals surface area contributed by atoms with Crippen molar-refractivity contribution >= 4 is 11.3 Å². The Kier molecular flexibility index (Phi) is 1.96. The van der Waals surface area contributed by atoms with E-state index in [0.717, 1.165) is 11.8 Å². The topological polar surface area (TPSA) is 12.0 Å². The Bertz CT molecular complexity index is 217. The zero-order chi connectivity index (χ0) is 7.68. The summed E-state index contributed by atoms with van der Waals surface area (Å²) in [5.74, 6) is 1.78. The highest BCUT2D eigenvalue weighted by atomic mass is 32.1. The molecule has 1 aromatic rings. The van der Waals surface area contributed by atoms with E-state index in [1.807, 2.05) is 18.4 Å². The molecule has 0 aliphatic heterocycles. The van der Waals surface area contributed by atoms with Crippen LogP contribution in [0, 0.1) is 5.92 Å². The molecule has 0 bridgehead atoms. The normalized spacial score (nSPS) is 28.8. The fourth-order valence-corrected chi connectivity index (χ4v) is 2.35. The van der Waals surface area contributed by atoms with Crippen molar-refractivity contribution in [1.29, 1.82) is 0 Å². The molecule has 1 heterocycles. The molecule has 2 atom stereocenters.